The van der Waals surface area contributed by atoms with E-state index < -0.39 is 0 Å². The number of carbonyl (C=O) groups excluding carboxylic acids is 1. The van der Waals surface area contributed by atoms with Gasteiger partial charge in [-0.3, -0.25) is 4.79 Å². The molecule has 0 saturated heterocycles. The molecule has 4 rings (SSSR count). The molecule has 0 radical (unpaired) electrons. The van der Waals surface area contributed by atoms with Gasteiger partial charge < -0.3 is 14.8 Å². The predicted molar refractivity (Wildman–Crippen MR) is 106 cm³/mol. The molecule has 0 atom stereocenters. The summed E-state index contributed by atoms with van der Waals surface area (Å²) in [4.78, 5) is 13.6. The third-order valence-corrected chi connectivity index (χ3v) is 5.02. The second-order valence-electron chi connectivity index (χ2n) is 5.78. The maximum Gasteiger partial charge on any atom is 0.276 e. The van der Waals surface area contributed by atoms with Gasteiger partial charge >= 0.3 is 0 Å². The minimum Gasteiger partial charge on any atom is -0.486 e. The van der Waals surface area contributed by atoms with Gasteiger partial charge in [0.2, 0.25) is 0 Å². The smallest absolute Gasteiger partial charge is 0.276 e. The molecule has 0 spiro atoms. The number of carbonyl (C=O) groups is 1. The lowest BCUT2D eigenvalue weighted by Gasteiger charge is -2.20. The van der Waals surface area contributed by atoms with Crippen LogP contribution in [0.25, 0.3) is 5.69 Å². The van der Waals surface area contributed by atoms with Gasteiger partial charge in [0.15, 0.2) is 17.2 Å². The van der Waals surface area contributed by atoms with Crippen molar-refractivity contribution in [3.05, 3.63) is 59.4 Å². The molecule has 3 aromatic rings. The van der Waals surface area contributed by atoms with Gasteiger partial charge in [-0.05, 0) is 36.6 Å². The Kier molecular flexibility index (Phi) is 4.96. The average Bonchev–Trinajstić information content (AvgIpc) is 3.18. The quantitative estimate of drug-likeness (QED) is 0.661. The molecule has 1 amide bonds. The molecule has 8 heteroatoms. The van der Waals surface area contributed by atoms with Crippen molar-refractivity contribution in [3.63, 3.8) is 0 Å². The lowest BCUT2D eigenvalue weighted by molar-refractivity contribution is 0.102. The first-order valence-corrected chi connectivity index (χ1v) is 9.85. The monoisotopic (exact) mass is 401 g/mol. The summed E-state index contributed by atoms with van der Waals surface area (Å²) >= 11 is 7.54. The van der Waals surface area contributed by atoms with E-state index in [1.165, 1.54) is 11.8 Å². The fraction of sp³-hybridized carbons (Fsp3) is 0.158. The number of nitrogens with one attached hydrogen (secondary N) is 1. The predicted octanol–water partition coefficient (Wildman–Crippen LogP) is 4.27. The highest BCUT2D eigenvalue weighted by Gasteiger charge is 2.18. The number of halogens is 1. The Hall–Kier alpha value is -2.64. The number of benzene rings is 2. The Bertz CT molecular complexity index is 1010. The zero-order chi connectivity index (χ0) is 18.8. The molecule has 27 heavy (non-hydrogen) atoms. The fourth-order valence-corrected chi connectivity index (χ4v) is 3.47. The van der Waals surface area contributed by atoms with Gasteiger partial charge in [0.1, 0.15) is 13.2 Å². The Labute approximate surface area is 165 Å². The van der Waals surface area contributed by atoms with E-state index in [2.05, 4.69) is 10.4 Å². The summed E-state index contributed by atoms with van der Waals surface area (Å²) in [7, 11) is 0. The molecule has 2 heterocycles. The largest absolute Gasteiger partial charge is 0.486 e. The highest BCUT2D eigenvalue weighted by molar-refractivity contribution is 7.98. The standard InChI is InChI=1S/C19H16ClN3O3S/c1-27-18-11-17-16(25-7-8-26-17)10-15(18)21-19(24)14-5-6-23(22-14)13-4-2-3-12(20)9-13/h2-6,9-11H,7-8H2,1H3,(H,21,24). The van der Waals surface area contributed by atoms with E-state index in [1.807, 2.05) is 24.5 Å². The molecule has 2 aromatic carbocycles. The zero-order valence-corrected chi connectivity index (χ0v) is 16.0. The van der Waals surface area contributed by atoms with Crippen LogP contribution in [0.1, 0.15) is 10.5 Å². The molecular weight excluding hydrogens is 386 g/mol. The lowest BCUT2D eigenvalue weighted by atomic mass is 10.2. The van der Waals surface area contributed by atoms with Crippen LogP contribution in [0.15, 0.2) is 53.6 Å². The van der Waals surface area contributed by atoms with Crippen LogP contribution in [0.5, 0.6) is 11.5 Å². The number of amides is 1. The summed E-state index contributed by atoms with van der Waals surface area (Å²) in [5.74, 6) is 1.01. The van der Waals surface area contributed by atoms with Crippen molar-refractivity contribution < 1.29 is 14.3 Å². The number of anilines is 1. The molecule has 6 nitrogen and oxygen atoms in total. The van der Waals surface area contributed by atoms with Gasteiger partial charge in [0.25, 0.3) is 5.91 Å². The van der Waals surface area contributed by atoms with Crippen LogP contribution in [-0.4, -0.2) is 35.2 Å². The Balaban J connectivity index is 1.58. The van der Waals surface area contributed by atoms with E-state index in [0.29, 0.717) is 41.1 Å². The van der Waals surface area contributed by atoms with Crippen LogP contribution in [-0.2, 0) is 0 Å². The van der Waals surface area contributed by atoms with E-state index in [1.54, 1.807) is 35.1 Å². The number of thioether (sulfide) groups is 1. The Morgan fingerprint density at radius 3 is 2.70 bits per heavy atom. The van der Waals surface area contributed by atoms with Crippen molar-refractivity contribution in [2.45, 2.75) is 4.90 Å². The van der Waals surface area contributed by atoms with Crippen LogP contribution < -0.4 is 14.8 Å². The topological polar surface area (TPSA) is 65.4 Å². The summed E-state index contributed by atoms with van der Waals surface area (Å²) in [6.45, 7) is 1.01. The van der Waals surface area contributed by atoms with Gasteiger partial charge in [-0.25, -0.2) is 4.68 Å². The van der Waals surface area contributed by atoms with Crippen molar-refractivity contribution in [2.24, 2.45) is 0 Å². The average molecular weight is 402 g/mol. The van der Waals surface area contributed by atoms with Gasteiger partial charge in [0, 0.05) is 22.2 Å². The molecule has 138 valence electrons. The highest BCUT2D eigenvalue weighted by atomic mass is 35.5. The highest BCUT2D eigenvalue weighted by Crippen LogP contribution is 2.39. The van der Waals surface area contributed by atoms with Gasteiger partial charge in [-0.2, -0.15) is 5.10 Å². The van der Waals surface area contributed by atoms with Gasteiger partial charge in [-0.1, -0.05) is 17.7 Å². The Morgan fingerprint density at radius 1 is 1.19 bits per heavy atom. The molecule has 1 aromatic heterocycles. The van der Waals surface area contributed by atoms with Crippen LogP contribution in [0.3, 0.4) is 0 Å². The number of ether oxygens (including phenoxy) is 2. The molecule has 0 aliphatic carbocycles. The number of hydrogen-bond donors (Lipinski definition) is 1. The third-order valence-electron chi connectivity index (χ3n) is 4.01. The van der Waals surface area contributed by atoms with Crippen LogP contribution in [0.4, 0.5) is 5.69 Å². The van der Waals surface area contributed by atoms with Crippen molar-refractivity contribution in [1.82, 2.24) is 9.78 Å². The van der Waals surface area contributed by atoms with E-state index in [9.17, 15) is 4.79 Å². The first kappa shape index (κ1) is 17.8. The van der Waals surface area contributed by atoms with E-state index in [4.69, 9.17) is 21.1 Å². The maximum atomic E-state index is 12.7. The number of aromatic nitrogens is 2. The van der Waals surface area contributed by atoms with Crippen molar-refractivity contribution in [3.8, 4) is 17.2 Å². The van der Waals surface area contributed by atoms with Gasteiger partial charge in [-0.15, -0.1) is 11.8 Å². The second-order valence-corrected chi connectivity index (χ2v) is 7.06. The number of nitrogens with zero attached hydrogens (tertiary/aromatic N) is 2. The van der Waals surface area contributed by atoms with Crippen molar-refractivity contribution in [1.29, 1.82) is 0 Å². The Morgan fingerprint density at radius 2 is 1.96 bits per heavy atom. The number of fused-ring (bicyclic) bond motifs is 1. The van der Waals surface area contributed by atoms with Crippen LogP contribution in [0.2, 0.25) is 5.02 Å². The fourth-order valence-electron chi connectivity index (χ4n) is 2.73. The number of rotatable bonds is 4. The van der Waals surface area contributed by atoms with E-state index in [-0.39, 0.29) is 5.91 Å². The molecule has 0 saturated carbocycles. The molecule has 1 aliphatic rings. The number of hydrogen-bond acceptors (Lipinski definition) is 5. The minimum absolute atomic E-state index is 0.303. The molecule has 0 bridgehead atoms. The first-order chi connectivity index (χ1) is 13.1. The molecular formula is C19H16ClN3O3S. The summed E-state index contributed by atoms with van der Waals surface area (Å²) in [6, 6.07) is 12.6. The normalized spacial score (nSPS) is 12.7. The lowest BCUT2D eigenvalue weighted by Crippen LogP contribution is -2.17. The SMILES string of the molecule is CSc1cc2c(cc1NC(=O)c1ccn(-c3cccc(Cl)c3)n1)OCCO2. The van der Waals surface area contributed by atoms with E-state index >= 15 is 0 Å². The minimum atomic E-state index is -0.303. The van der Waals surface area contributed by atoms with Crippen molar-refractivity contribution in [2.75, 3.05) is 24.8 Å². The first-order valence-electron chi connectivity index (χ1n) is 8.24. The van der Waals surface area contributed by atoms with E-state index in [0.717, 1.165) is 10.6 Å². The summed E-state index contributed by atoms with van der Waals surface area (Å²) in [5.41, 5.74) is 1.75. The van der Waals surface area contributed by atoms with Crippen LogP contribution in [0, 0.1) is 0 Å². The molecule has 0 unspecified atom stereocenters. The van der Waals surface area contributed by atoms with Gasteiger partial charge in [0.05, 0.1) is 11.4 Å². The summed E-state index contributed by atoms with van der Waals surface area (Å²) in [5, 5.41) is 7.86. The maximum absolute atomic E-state index is 12.7. The van der Waals surface area contributed by atoms with Crippen molar-refractivity contribution >= 4 is 35.0 Å². The third kappa shape index (κ3) is 3.74. The molecule has 1 N–H and O–H groups in total. The zero-order valence-electron chi connectivity index (χ0n) is 14.4. The second kappa shape index (κ2) is 7.54. The van der Waals surface area contributed by atoms with Crippen LogP contribution >= 0.6 is 23.4 Å². The summed E-state index contributed by atoms with van der Waals surface area (Å²) in [6.07, 6.45) is 3.66. The molecule has 1 aliphatic heterocycles. The summed E-state index contributed by atoms with van der Waals surface area (Å²) < 4.78 is 12.8. The molecule has 0 fully saturated rings.